The Hall–Kier alpha value is 0.230. The molecule has 0 spiro atoms. The van der Waals surface area contributed by atoms with Crippen LogP contribution >= 0.6 is 11.8 Å². The van der Waals surface area contributed by atoms with Crippen LogP contribution in [0.1, 0.15) is 20.3 Å². The molecule has 1 saturated heterocycles. The van der Waals surface area contributed by atoms with Gasteiger partial charge in [0.25, 0.3) is 0 Å². The highest BCUT2D eigenvalue weighted by Gasteiger charge is 2.19. The molecule has 2 unspecified atom stereocenters. The van der Waals surface area contributed by atoms with Gasteiger partial charge in [0.1, 0.15) is 0 Å². The van der Waals surface area contributed by atoms with E-state index in [0.29, 0.717) is 11.4 Å². The van der Waals surface area contributed by atoms with Crippen LogP contribution in [0.2, 0.25) is 0 Å². The summed E-state index contributed by atoms with van der Waals surface area (Å²) in [5.41, 5.74) is 5.53. The van der Waals surface area contributed by atoms with Crippen molar-refractivity contribution in [1.29, 1.82) is 0 Å². The number of thioether (sulfide) groups is 1. The number of morpholine rings is 1. The normalized spacial score (nSPS) is 25.4. The van der Waals surface area contributed by atoms with Gasteiger partial charge in [0.15, 0.2) is 0 Å². The lowest BCUT2D eigenvalue weighted by Crippen LogP contribution is -2.43. The van der Waals surface area contributed by atoms with E-state index in [-0.39, 0.29) is 0 Å². The lowest BCUT2D eigenvalue weighted by atomic mass is 10.3. The van der Waals surface area contributed by atoms with Gasteiger partial charge in [-0.15, -0.1) is 0 Å². The first-order chi connectivity index (χ1) is 7.26. The van der Waals surface area contributed by atoms with E-state index in [9.17, 15) is 0 Å². The van der Waals surface area contributed by atoms with Crippen molar-refractivity contribution in [2.45, 2.75) is 31.6 Å². The standard InChI is InChI=1S/C11H24N2OS/c1-3-13-6-7-14-11(8-13)9-15-10(2)4-5-12/h10-11H,3-9,12H2,1-2H3. The summed E-state index contributed by atoms with van der Waals surface area (Å²) < 4.78 is 5.74. The number of rotatable bonds is 6. The fraction of sp³-hybridized carbons (Fsp3) is 1.00. The number of nitrogens with two attached hydrogens (primary N) is 1. The second kappa shape index (κ2) is 7.49. The van der Waals surface area contributed by atoms with Crippen molar-refractivity contribution in [1.82, 2.24) is 4.90 Å². The Kier molecular flexibility index (Phi) is 6.64. The Balaban J connectivity index is 2.14. The fourth-order valence-electron chi connectivity index (χ4n) is 1.76. The Morgan fingerprint density at radius 3 is 3.07 bits per heavy atom. The maximum absolute atomic E-state index is 5.74. The second-order valence-corrected chi connectivity index (χ2v) is 5.58. The quantitative estimate of drug-likeness (QED) is 0.746. The molecule has 0 bridgehead atoms. The average Bonchev–Trinajstić information content (AvgIpc) is 2.27. The maximum Gasteiger partial charge on any atom is 0.0792 e. The Labute approximate surface area is 97.7 Å². The van der Waals surface area contributed by atoms with Gasteiger partial charge in [-0.25, -0.2) is 0 Å². The maximum atomic E-state index is 5.74. The first kappa shape index (κ1) is 13.3. The van der Waals surface area contributed by atoms with Crippen LogP contribution in [-0.2, 0) is 4.74 Å². The first-order valence-corrected chi connectivity index (χ1v) is 6.96. The fourth-order valence-corrected chi connectivity index (χ4v) is 2.81. The van der Waals surface area contributed by atoms with Crippen LogP contribution in [0.25, 0.3) is 0 Å². The van der Waals surface area contributed by atoms with Crippen LogP contribution in [0.4, 0.5) is 0 Å². The number of hydrogen-bond donors (Lipinski definition) is 1. The molecule has 1 aliphatic rings. The summed E-state index contributed by atoms with van der Waals surface area (Å²) in [6, 6.07) is 0. The molecule has 1 rings (SSSR count). The van der Waals surface area contributed by atoms with Crippen molar-refractivity contribution < 1.29 is 4.74 Å². The average molecular weight is 232 g/mol. The molecule has 0 aromatic rings. The van der Waals surface area contributed by atoms with E-state index in [1.165, 1.54) is 0 Å². The molecular formula is C11H24N2OS. The van der Waals surface area contributed by atoms with E-state index in [0.717, 1.165) is 45.0 Å². The van der Waals surface area contributed by atoms with Crippen molar-refractivity contribution >= 4 is 11.8 Å². The second-order valence-electron chi connectivity index (χ2n) is 4.11. The molecule has 0 aromatic heterocycles. The van der Waals surface area contributed by atoms with Gasteiger partial charge < -0.3 is 10.5 Å². The Morgan fingerprint density at radius 1 is 1.60 bits per heavy atom. The summed E-state index contributed by atoms with van der Waals surface area (Å²) in [5.74, 6) is 1.11. The highest BCUT2D eigenvalue weighted by atomic mass is 32.2. The monoisotopic (exact) mass is 232 g/mol. The van der Waals surface area contributed by atoms with Crippen molar-refractivity contribution in [3.05, 3.63) is 0 Å². The number of ether oxygens (including phenoxy) is 1. The molecule has 1 fully saturated rings. The summed E-state index contributed by atoms with van der Waals surface area (Å²) in [6.07, 6.45) is 1.53. The molecule has 2 atom stereocenters. The van der Waals surface area contributed by atoms with E-state index in [1.54, 1.807) is 0 Å². The zero-order chi connectivity index (χ0) is 11.1. The predicted octanol–water partition coefficient (Wildman–Crippen LogP) is 1.18. The van der Waals surface area contributed by atoms with E-state index < -0.39 is 0 Å². The number of hydrogen-bond acceptors (Lipinski definition) is 4. The highest BCUT2D eigenvalue weighted by Crippen LogP contribution is 2.17. The van der Waals surface area contributed by atoms with E-state index >= 15 is 0 Å². The van der Waals surface area contributed by atoms with Gasteiger partial charge >= 0.3 is 0 Å². The summed E-state index contributed by atoms with van der Waals surface area (Å²) in [4.78, 5) is 2.46. The molecule has 90 valence electrons. The number of nitrogens with zero attached hydrogens (tertiary/aromatic N) is 1. The van der Waals surface area contributed by atoms with Crippen molar-refractivity contribution in [2.24, 2.45) is 5.73 Å². The summed E-state index contributed by atoms with van der Waals surface area (Å²) in [5, 5.41) is 0.663. The van der Waals surface area contributed by atoms with Gasteiger partial charge in [-0.1, -0.05) is 13.8 Å². The van der Waals surface area contributed by atoms with Gasteiger partial charge in [0.05, 0.1) is 12.7 Å². The smallest absolute Gasteiger partial charge is 0.0792 e. The van der Waals surface area contributed by atoms with Gasteiger partial charge in [-0.3, -0.25) is 4.90 Å². The zero-order valence-corrected chi connectivity index (χ0v) is 10.8. The third-order valence-corrected chi connectivity index (χ3v) is 4.18. The highest BCUT2D eigenvalue weighted by molar-refractivity contribution is 7.99. The van der Waals surface area contributed by atoms with Crippen LogP contribution in [0.5, 0.6) is 0 Å². The van der Waals surface area contributed by atoms with E-state index in [1.807, 2.05) is 11.8 Å². The molecule has 0 saturated carbocycles. The van der Waals surface area contributed by atoms with E-state index in [4.69, 9.17) is 10.5 Å². The van der Waals surface area contributed by atoms with Gasteiger partial charge in [0, 0.05) is 24.1 Å². The molecule has 1 heterocycles. The minimum absolute atomic E-state index is 0.420. The van der Waals surface area contributed by atoms with Crippen LogP contribution in [0.15, 0.2) is 0 Å². The molecule has 2 N–H and O–H groups in total. The summed E-state index contributed by atoms with van der Waals surface area (Å²) >= 11 is 1.99. The number of likely N-dealkylation sites (N-methyl/N-ethyl adjacent to an activating group) is 1. The molecule has 0 amide bonds. The SMILES string of the molecule is CCN1CCOC(CSC(C)CCN)C1. The third-order valence-electron chi connectivity index (χ3n) is 2.81. The first-order valence-electron chi connectivity index (χ1n) is 5.91. The molecule has 1 aliphatic heterocycles. The lowest BCUT2D eigenvalue weighted by molar-refractivity contribution is -0.0137. The van der Waals surface area contributed by atoms with Crippen molar-refractivity contribution in [3.8, 4) is 0 Å². The molecular weight excluding hydrogens is 208 g/mol. The molecule has 0 radical (unpaired) electrons. The topological polar surface area (TPSA) is 38.5 Å². The zero-order valence-electron chi connectivity index (χ0n) is 9.95. The predicted molar refractivity (Wildman–Crippen MR) is 67.4 cm³/mol. The Bertz CT molecular complexity index is 169. The van der Waals surface area contributed by atoms with Crippen LogP contribution in [0, 0.1) is 0 Å². The Morgan fingerprint density at radius 2 is 2.40 bits per heavy atom. The molecule has 0 aromatic carbocycles. The lowest BCUT2D eigenvalue weighted by Gasteiger charge is -2.32. The van der Waals surface area contributed by atoms with Crippen LogP contribution in [-0.4, -0.2) is 54.8 Å². The minimum Gasteiger partial charge on any atom is -0.375 e. The molecule has 3 nitrogen and oxygen atoms in total. The molecule has 0 aliphatic carbocycles. The van der Waals surface area contributed by atoms with Gasteiger partial charge in [-0.2, -0.15) is 11.8 Å². The van der Waals surface area contributed by atoms with Crippen LogP contribution in [0.3, 0.4) is 0 Å². The third kappa shape index (κ3) is 5.20. The van der Waals surface area contributed by atoms with Crippen molar-refractivity contribution in [2.75, 3.05) is 38.5 Å². The largest absolute Gasteiger partial charge is 0.375 e. The molecule has 4 heteroatoms. The summed E-state index contributed by atoms with van der Waals surface area (Å²) in [6.45, 7) is 9.48. The van der Waals surface area contributed by atoms with Crippen molar-refractivity contribution in [3.63, 3.8) is 0 Å². The molecule has 15 heavy (non-hydrogen) atoms. The minimum atomic E-state index is 0.420. The van der Waals surface area contributed by atoms with Crippen LogP contribution < -0.4 is 5.73 Å². The van der Waals surface area contributed by atoms with Gasteiger partial charge in [0.2, 0.25) is 0 Å². The summed E-state index contributed by atoms with van der Waals surface area (Å²) in [7, 11) is 0. The van der Waals surface area contributed by atoms with Gasteiger partial charge in [-0.05, 0) is 19.5 Å². The van der Waals surface area contributed by atoms with E-state index in [2.05, 4.69) is 18.7 Å².